The van der Waals surface area contributed by atoms with E-state index in [1.54, 1.807) is 18.6 Å². The SMILES string of the molecule is O=C(CCc1cnccn1)N(CC1CCN(C2CCCC2)CC1)CC1CCCO1. The number of piperidine rings is 1. The minimum absolute atomic E-state index is 0.217. The number of carbonyl (C=O) groups is 1. The van der Waals surface area contributed by atoms with Gasteiger partial charge in [0.15, 0.2) is 0 Å². The second-order valence-corrected chi connectivity index (χ2v) is 9.05. The van der Waals surface area contributed by atoms with E-state index in [0.29, 0.717) is 18.8 Å². The lowest BCUT2D eigenvalue weighted by molar-refractivity contribution is -0.133. The smallest absolute Gasteiger partial charge is 0.223 e. The summed E-state index contributed by atoms with van der Waals surface area (Å²) in [6.07, 6.45) is 16.7. The summed E-state index contributed by atoms with van der Waals surface area (Å²) in [6.45, 7) is 4.89. The van der Waals surface area contributed by atoms with Crippen molar-refractivity contribution in [1.82, 2.24) is 19.8 Å². The Morgan fingerprint density at radius 2 is 1.90 bits per heavy atom. The van der Waals surface area contributed by atoms with Gasteiger partial charge in [0.1, 0.15) is 0 Å². The third kappa shape index (κ3) is 5.98. The molecule has 1 atom stereocenters. The summed E-state index contributed by atoms with van der Waals surface area (Å²) in [5.41, 5.74) is 0.891. The number of hydrogen-bond donors (Lipinski definition) is 0. The van der Waals surface area contributed by atoms with Gasteiger partial charge in [0.05, 0.1) is 11.8 Å². The molecule has 0 aromatic carbocycles. The second-order valence-electron chi connectivity index (χ2n) is 9.05. The van der Waals surface area contributed by atoms with Crippen LogP contribution >= 0.6 is 0 Å². The fourth-order valence-electron chi connectivity index (χ4n) is 5.25. The Hall–Kier alpha value is -1.53. The Bertz CT molecular complexity index is 621. The molecule has 3 heterocycles. The van der Waals surface area contributed by atoms with Crippen LogP contribution in [0.2, 0.25) is 0 Å². The van der Waals surface area contributed by atoms with Gasteiger partial charge in [-0.25, -0.2) is 0 Å². The minimum atomic E-state index is 0.217. The van der Waals surface area contributed by atoms with Crippen LogP contribution in [0.5, 0.6) is 0 Å². The van der Waals surface area contributed by atoms with Gasteiger partial charge >= 0.3 is 0 Å². The molecule has 1 aromatic heterocycles. The summed E-state index contributed by atoms with van der Waals surface area (Å²) in [7, 11) is 0. The first-order valence-corrected chi connectivity index (χ1v) is 11.7. The fourth-order valence-corrected chi connectivity index (χ4v) is 5.25. The first-order chi connectivity index (χ1) is 14.3. The number of likely N-dealkylation sites (tertiary alicyclic amines) is 1. The van der Waals surface area contributed by atoms with Gasteiger partial charge < -0.3 is 14.5 Å². The van der Waals surface area contributed by atoms with Crippen LogP contribution in [-0.2, 0) is 16.0 Å². The third-order valence-corrected chi connectivity index (χ3v) is 6.98. The fraction of sp³-hybridized carbons (Fsp3) is 0.783. The predicted molar refractivity (Wildman–Crippen MR) is 112 cm³/mol. The van der Waals surface area contributed by atoms with Gasteiger partial charge in [-0.05, 0) is 64.0 Å². The molecule has 0 N–H and O–H groups in total. The average Bonchev–Trinajstić information content (AvgIpc) is 3.47. The third-order valence-electron chi connectivity index (χ3n) is 6.98. The van der Waals surface area contributed by atoms with Crippen molar-refractivity contribution in [3.8, 4) is 0 Å². The standard InChI is InChI=1S/C23H36N4O2/c28-23(8-7-20-16-24-11-12-25-20)27(18-22-6-3-15-29-22)17-19-9-13-26(14-10-19)21-4-1-2-5-21/h11-12,16,19,21-22H,1-10,13-15,17-18H2. The molecule has 1 aliphatic carbocycles. The monoisotopic (exact) mass is 400 g/mol. The van der Waals surface area contributed by atoms with Crippen LogP contribution in [0.3, 0.4) is 0 Å². The van der Waals surface area contributed by atoms with Gasteiger partial charge in [0.2, 0.25) is 5.91 Å². The van der Waals surface area contributed by atoms with E-state index < -0.39 is 0 Å². The van der Waals surface area contributed by atoms with E-state index >= 15 is 0 Å². The molecule has 1 aromatic rings. The number of amides is 1. The van der Waals surface area contributed by atoms with Gasteiger partial charge in [-0.2, -0.15) is 0 Å². The van der Waals surface area contributed by atoms with Crippen LogP contribution in [0.15, 0.2) is 18.6 Å². The molecule has 29 heavy (non-hydrogen) atoms. The molecule has 160 valence electrons. The zero-order chi connectivity index (χ0) is 19.9. The Morgan fingerprint density at radius 3 is 2.59 bits per heavy atom. The van der Waals surface area contributed by atoms with E-state index in [1.807, 2.05) is 0 Å². The molecule has 0 radical (unpaired) electrons. The average molecular weight is 401 g/mol. The van der Waals surface area contributed by atoms with E-state index in [9.17, 15) is 4.79 Å². The summed E-state index contributed by atoms with van der Waals surface area (Å²) in [5.74, 6) is 0.860. The molecule has 2 saturated heterocycles. The predicted octanol–water partition coefficient (Wildman–Crippen LogP) is 3.07. The van der Waals surface area contributed by atoms with Gasteiger partial charge in [-0.15, -0.1) is 0 Å². The van der Waals surface area contributed by atoms with Crippen molar-refractivity contribution in [3.63, 3.8) is 0 Å². The van der Waals surface area contributed by atoms with E-state index in [1.165, 1.54) is 51.6 Å². The maximum absolute atomic E-state index is 13.1. The number of carbonyl (C=O) groups excluding carboxylic acids is 1. The zero-order valence-electron chi connectivity index (χ0n) is 17.7. The van der Waals surface area contributed by atoms with Crippen molar-refractivity contribution >= 4 is 5.91 Å². The van der Waals surface area contributed by atoms with Crippen molar-refractivity contribution in [1.29, 1.82) is 0 Å². The first kappa shape index (κ1) is 20.7. The Labute approximate surface area is 175 Å². The molecule has 1 amide bonds. The van der Waals surface area contributed by atoms with Gasteiger partial charge in [0, 0.05) is 50.7 Å². The van der Waals surface area contributed by atoms with Crippen molar-refractivity contribution in [2.24, 2.45) is 5.92 Å². The minimum Gasteiger partial charge on any atom is -0.376 e. The molecule has 6 heteroatoms. The molecule has 1 saturated carbocycles. The Morgan fingerprint density at radius 1 is 1.07 bits per heavy atom. The normalized spacial score (nSPS) is 24.2. The zero-order valence-corrected chi connectivity index (χ0v) is 17.7. The Kier molecular flexibility index (Phi) is 7.49. The van der Waals surface area contributed by atoms with Gasteiger partial charge in [-0.3, -0.25) is 14.8 Å². The molecule has 3 aliphatic rings. The molecule has 6 nitrogen and oxygen atoms in total. The highest BCUT2D eigenvalue weighted by Crippen LogP contribution is 2.28. The van der Waals surface area contributed by atoms with Crippen LogP contribution in [-0.4, -0.2) is 70.6 Å². The largest absolute Gasteiger partial charge is 0.376 e. The van der Waals surface area contributed by atoms with Crippen LogP contribution < -0.4 is 0 Å². The van der Waals surface area contributed by atoms with Crippen molar-refractivity contribution in [2.45, 2.75) is 76.4 Å². The summed E-state index contributed by atoms with van der Waals surface area (Å²) < 4.78 is 5.85. The lowest BCUT2D eigenvalue weighted by Gasteiger charge is -2.38. The highest BCUT2D eigenvalue weighted by Gasteiger charge is 2.30. The summed E-state index contributed by atoms with van der Waals surface area (Å²) in [4.78, 5) is 26.3. The number of nitrogens with zero attached hydrogens (tertiary/aromatic N) is 4. The maximum atomic E-state index is 13.1. The number of hydrogen-bond acceptors (Lipinski definition) is 5. The Balaban J connectivity index is 1.29. The molecule has 0 bridgehead atoms. The van der Waals surface area contributed by atoms with Crippen LogP contribution in [0.4, 0.5) is 0 Å². The number of rotatable bonds is 8. The molecule has 2 aliphatic heterocycles. The van der Waals surface area contributed by atoms with E-state index in [-0.39, 0.29) is 12.0 Å². The van der Waals surface area contributed by atoms with E-state index in [2.05, 4.69) is 19.8 Å². The second kappa shape index (κ2) is 10.5. The number of ether oxygens (including phenoxy) is 1. The summed E-state index contributed by atoms with van der Waals surface area (Å²) in [5, 5.41) is 0. The maximum Gasteiger partial charge on any atom is 0.223 e. The van der Waals surface area contributed by atoms with Crippen LogP contribution in [0, 0.1) is 5.92 Å². The van der Waals surface area contributed by atoms with Gasteiger partial charge in [-0.1, -0.05) is 12.8 Å². The topological polar surface area (TPSA) is 58.6 Å². The van der Waals surface area contributed by atoms with Crippen LogP contribution in [0.1, 0.15) is 63.5 Å². The molecule has 1 unspecified atom stereocenters. The number of aromatic nitrogens is 2. The number of aryl methyl sites for hydroxylation is 1. The molecular weight excluding hydrogens is 364 g/mol. The lowest BCUT2D eigenvalue weighted by Crippen LogP contribution is -2.45. The molecular formula is C23H36N4O2. The molecule has 0 spiro atoms. The van der Waals surface area contributed by atoms with Crippen molar-refractivity contribution in [2.75, 3.05) is 32.8 Å². The highest BCUT2D eigenvalue weighted by molar-refractivity contribution is 5.76. The van der Waals surface area contributed by atoms with E-state index in [4.69, 9.17) is 4.74 Å². The molecule has 4 rings (SSSR count). The van der Waals surface area contributed by atoms with Crippen LogP contribution in [0.25, 0.3) is 0 Å². The van der Waals surface area contributed by atoms with Crippen molar-refractivity contribution in [3.05, 3.63) is 24.3 Å². The lowest BCUT2D eigenvalue weighted by atomic mass is 9.94. The quantitative estimate of drug-likeness (QED) is 0.671. The molecule has 3 fully saturated rings. The first-order valence-electron chi connectivity index (χ1n) is 11.7. The van der Waals surface area contributed by atoms with E-state index in [0.717, 1.165) is 44.3 Å². The summed E-state index contributed by atoms with van der Waals surface area (Å²) in [6, 6.07) is 0.826. The van der Waals surface area contributed by atoms with Gasteiger partial charge in [0.25, 0.3) is 0 Å². The summed E-state index contributed by atoms with van der Waals surface area (Å²) >= 11 is 0. The van der Waals surface area contributed by atoms with Crippen molar-refractivity contribution < 1.29 is 9.53 Å². The highest BCUT2D eigenvalue weighted by atomic mass is 16.5.